The Morgan fingerprint density at radius 3 is 2.77 bits per heavy atom. The number of nitrogens with one attached hydrogen (secondary N) is 2. The first-order chi connectivity index (χ1) is 17.0. The average Bonchev–Trinajstić information content (AvgIpc) is 3.29. The lowest BCUT2D eigenvalue weighted by Gasteiger charge is -2.23. The largest absolute Gasteiger partial charge is 0.381 e. The van der Waals surface area contributed by atoms with E-state index in [0.717, 1.165) is 31.4 Å². The van der Waals surface area contributed by atoms with Crippen LogP contribution in [0.15, 0.2) is 54.9 Å². The molecule has 35 heavy (non-hydrogen) atoms. The highest BCUT2D eigenvalue weighted by Gasteiger charge is 2.23. The molecule has 5 rings (SSSR count). The number of fused-ring (bicyclic) bond motifs is 1. The number of benzene rings is 1. The molecule has 1 fully saturated rings. The number of anilines is 1. The molecule has 4 aromatic rings. The molecule has 10 heteroatoms. The fraction of sp³-hybridized carbons (Fsp3) is 0.280. The molecule has 0 aliphatic carbocycles. The Morgan fingerprint density at radius 1 is 1.20 bits per heavy atom. The molecule has 1 aliphatic heterocycles. The molecule has 0 spiro atoms. The van der Waals surface area contributed by atoms with Gasteiger partial charge in [-0.05, 0) is 48.7 Å². The average molecular weight is 495 g/mol. The third-order valence-corrected chi connectivity index (χ3v) is 6.39. The summed E-state index contributed by atoms with van der Waals surface area (Å²) >= 11 is 5.87. The van der Waals surface area contributed by atoms with Gasteiger partial charge in [0.05, 0.1) is 22.3 Å². The van der Waals surface area contributed by atoms with Crippen LogP contribution < -0.4 is 10.6 Å². The zero-order chi connectivity index (χ0) is 24.4. The molecular weight excluding hydrogens is 471 g/mol. The molecule has 2 N–H and O–H groups in total. The molecule has 1 amide bonds. The first kappa shape index (κ1) is 23.2. The van der Waals surface area contributed by atoms with Gasteiger partial charge in [0.15, 0.2) is 0 Å². The van der Waals surface area contributed by atoms with Crippen LogP contribution in [0.4, 0.5) is 10.2 Å². The van der Waals surface area contributed by atoms with E-state index < -0.39 is 17.8 Å². The van der Waals surface area contributed by atoms with Crippen LogP contribution in [0.1, 0.15) is 40.6 Å². The number of pyridine rings is 2. The van der Waals surface area contributed by atoms with E-state index in [2.05, 4.69) is 25.7 Å². The lowest BCUT2D eigenvalue weighted by molar-refractivity contribution is 0.0903. The van der Waals surface area contributed by atoms with Crippen LogP contribution in [0.2, 0.25) is 5.02 Å². The summed E-state index contributed by atoms with van der Waals surface area (Å²) in [6.07, 6.45) is 5.18. The molecule has 4 heterocycles. The van der Waals surface area contributed by atoms with Crippen LogP contribution in [-0.2, 0) is 11.8 Å². The van der Waals surface area contributed by atoms with Gasteiger partial charge in [-0.1, -0.05) is 17.7 Å². The molecule has 1 aliphatic rings. The van der Waals surface area contributed by atoms with Gasteiger partial charge < -0.3 is 15.4 Å². The van der Waals surface area contributed by atoms with Gasteiger partial charge in [-0.25, -0.2) is 14.4 Å². The van der Waals surface area contributed by atoms with Crippen molar-refractivity contribution in [3.8, 4) is 0 Å². The van der Waals surface area contributed by atoms with E-state index in [1.165, 1.54) is 12.1 Å². The topological polar surface area (TPSA) is 94.0 Å². The number of hydrogen-bond donors (Lipinski definition) is 2. The summed E-state index contributed by atoms with van der Waals surface area (Å²) in [7, 11) is 1.76. The lowest BCUT2D eigenvalue weighted by atomic mass is 10.0. The number of halogens is 2. The predicted molar refractivity (Wildman–Crippen MR) is 131 cm³/mol. The fourth-order valence-corrected chi connectivity index (χ4v) is 4.28. The van der Waals surface area contributed by atoms with Crippen molar-refractivity contribution in [1.29, 1.82) is 0 Å². The number of amides is 1. The van der Waals surface area contributed by atoms with Crippen LogP contribution in [0, 0.1) is 5.82 Å². The maximum Gasteiger partial charge on any atom is 0.270 e. The van der Waals surface area contributed by atoms with Crippen LogP contribution in [0.5, 0.6) is 0 Å². The van der Waals surface area contributed by atoms with E-state index in [0.29, 0.717) is 28.6 Å². The Balaban J connectivity index is 1.42. The molecular formula is C25H24ClFN6O2. The van der Waals surface area contributed by atoms with E-state index >= 15 is 0 Å². The molecule has 0 radical (unpaired) electrons. The second-order valence-electron chi connectivity index (χ2n) is 8.45. The van der Waals surface area contributed by atoms with Gasteiger partial charge in [-0.2, -0.15) is 5.10 Å². The SMILES string of the molecule is Cn1nccc1C(NC(=O)c1ccc2cnc(NC3CCOCC3)cc2n1)c1ccc(Cl)c(F)c1. The Morgan fingerprint density at radius 2 is 2.03 bits per heavy atom. The Bertz CT molecular complexity index is 1370. The molecule has 1 saturated heterocycles. The van der Waals surface area contributed by atoms with Crippen LogP contribution in [0.25, 0.3) is 10.9 Å². The van der Waals surface area contributed by atoms with Crippen molar-refractivity contribution in [2.45, 2.75) is 24.9 Å². The Hall–Kier alpha value is -3.56. The Kier molecular flexibility index (Phi) is 6.61. The van der Waals surface area contributed by atoms with E-state index in [4.69, 9.17) is 16.3 Å². The van der Waals surface area contributed by atoms with Crippen molar-refractivity contribution in [1.82, 2.24) is 25.1 Å². The van der Waals surface area contributed by atoms with E-state index in [1.807, 2.05) is 12.1 Å². The van der Waals surface area contributed by atoms with Crippen molar-refractivity contribution in [2.75, 3.05) is 18.5 Å². The standard InChI is InChI=1S/C25H24ClFN6O2/c1-33-22(6-9-29-33)24(15-2-4-18(26)19(27)12-15)32-25(34)20-5-3-16-14-28-23(13-21(16)31-20)30-17-7-10-35-11-8-17/h2-6,9,12-14,17,24H,7-8,10-11H2,1H3,(H,28,30)(H,32,34). The van der Waals surface area contributed by atoms with Crippen LogP contribution >= 0.6 is 11.6 Å². The summed E-state index contributed by atoms with van der Waals surface area (Å²) in [6, 6.07) is 11.2. The highest BCUT2D eigenvalue weighted by atomic mass is 35.5. The first-order valence-electron chi connectivity index (χ1n) is 11.3. The van der Waals surface area contributed by atoms with Crippen molar-refractivity contribution in [3.05, 3.63) is 82.6 Å². The predicted octanol–water partition coefficient (Wildman–Crippen LogP) is 4.27. The molecule has 1 atom stereocenters. The molecule has 0 bridgehead atoms. The molecule has 8 nitrogen and oxygen atoms in total. The van der Waals surface area contributed by atoms with Crippen molar-refractivity contribution >= 4 is 34.2 Å². The number of rotatable bonds is 6. The van der Waals surface area contributed by atoms with Gasteiger partial charge in [0, 0.05) is 50.1 Å². The highest BCUT2D eigenvalue weighted by Crippen LogP contribution is 2.26. The highest BCUT2D eigenvalue weighted by molar-refractivity contribution is 6.30. The number of carbonyl (C=O) groups excluding carboxylic acids is 1. The van der Waals surface area contributed by atoms with E-state index in [1.54, 1.807) is 42.3 Å². The molecule has 1 aromatic carbocycles. The monoisotopic (exact) mass is 494 g/mol. The number of nitrogens with zero attached hydrogens (tertiary/aromatic N) is 4. The van der Waals surface area contributed by atoms with Crippen molar-refractivity contribution in [2.24, 2.45) is 7.05 Å². The minimum Gasteiger partial charge on any atom is -0.381 e. The van der Waals surface area contributed by atoms with Gasteiger partial charge in [0.1, 0.15) is 17.3 Å². The first-order valence-corrected chi connectivity index (χ1v) is 11.7. The second-order valence-corrected chi connectivity index (χ2v) is 8.86. The number of aryl methyl sites for hydroxylation is 1. The normalized spacial score (nSPS) is 15.2. The van der Waals surface area contributed by atoms with Gasteiger partial charge in [0.25, 0.3) is 5.91 Å². The summed E-state index contributed by atoms with van der Waals surface area (Å²) in [5.41, 5.74) is 2.11. The smallest absolute Gasteiger partial charge is 0.270 e. The third-order valence-electron chi connectivity index (χ3n) is 6.09. The quantitative estimate of drug-likeness (QED) is 0.416. The maximum absolute atomic E-state index is 14.2. The van der Waals surface area contributed by atoms with Crippen molar-refractivity contribution in [3.63, 3.8) is 0 Å². The molecule has 0 saturated carbocycles. The minimum atomic E-state index is -0.651. The third kappa shape index (κ3) is 5.11. The van der Waals surface area contributed by atoms with Gasteiger partial charge >= 0.3 is 0 Å². The van der Waals surface area contributed by atoms with Gasteiger partial charge in [0.2, 0.25) is 0 Å². The number of carbonyl (C=O) groups is 1. The second kappa shape index (κ2) is 9.97. The Labute approximate surface area is 206 Å². The molecule has 3 aromatic heterocycles. The van der Waals surface area contributed by atoms with Crippen LogP contribution in [0.3, 0.4) is 0 Å². The van der Waals surface area contributed by atoms with Gasteiger partial charge in [-0.15, -0.1) is 0 Å². The summed E-state index contributed by atoms with van der Waals surface area (Å²) in [6.45, 7) is 1.45. The van der Waals surface area contributed by atoms with E-state index in [-0.39, 0.29) is 10.7 Å². The summed E-state index contributed by atoms with van der Waals surface area (Å²) in [4.78, 5) is 22.3. The molecule has 180 valence electrons. The number of ether oxygens (including phenoxy) is 1. The summed E-state index contributed by atoms with van der Waals surface area (Å²) in [5.74, 6) is -0.255. The maximum atomic E-state index is 14.2. The lowest BCUT2D eigenvalue weighted by Crippen LogP contribution is -2.31. The summed E-state index contributed by atoms with van der Waals surface area (Å²) in [5, 5.41) is 11.4. The number of hydrogen-bond acceptors (Lipinski definition) is 6. The number of aromatic nitrogens is 4. The summed E-state index contributed by atoms with van der Waals surface area (Å²) < 4.78 is 21.3. The zero-order valence-corrected chi connectivity index (χ0v) is 19.8. The van der Waals surface area contributed by atoms with Crippen molar-refractivity contribution < 1.29 is 13.9 Å². The molecule has 1 unspecified atom stereocenters. The fourth-order valence-electron chi connectivity index (χ4n) is 4.17. The van der Waals surface area contributed by atoms with Gasteiger partial charge in [-0.3, -0.25) is 9.48 Å². The zero-order valence-electron chi connectivity index (χ0n) is 19.0. The van der Waals surface area contributed by atoms with E-state index in [9.17, 15) is 9.18 Å². The van der Waals surface area contributed by atoms with Crippen LogP contribution in [-0.4, -0.2) is 44.9 Å². The minimum absolute atomic E-state index is 0.0128.